The smallest absolute Gasteiger partial charge is 0.306 e. The van der Waals surface area contributed by atoms with Crippen molar-refractivity contribution in [2.24, 2.45) is 0 Å². The summed E-state index contributed by atoms with van der Waals surface area (Å²) in [4.78, 5) is 26.0. The highest BCUT2D eigenvalue weighted by molar-refractivity contribution is 5.77. The van der Waals surface area contributed by atoms with Crippen LogP contribution in [0.3, 0.4) is 0 Å². The van der Waals surface area contributed by atoms with Gasteiger partial charge in [-0.25, -0.2) is 0 Å². The number of carbonyl (C=O) groups excluding carboxylic acids is 2. The van der Waals surface area contributed by atoms with Crippen molar-refractivity contribution in [3.05, 3.63) is 24.3 Å². The van der Waals surface area contributed by atoms with Gasteiger partial charge >= 0.3 is 5.97 Å². The van der Waals surface area contributed by atoms with Gasteiger partial charge in [-0.1, -0.05) is 199 Å². The Morgan fingerprint density at radius 3 is 1.38 bits per heavy atom. The number of ether oxygens (including phenoxy) is 1. The zero-order chi connectivity index (χ0) is 40.3. The summed E-state index contributed by atoms with van der Waals surface area (Å²) in [6.45, 7) is 6.43. The number of carbonyl (C=O) groups is 2. The van der Waals surface area contributed by atoms with Gasteiger partial charge in [0.25, 0.3) is 0 Å². The normalized spacial score (nSPS) is 13.5. The number of nitrogens with one attached hydrogen (secondary N) is 1. The number of hydrogen-bond acceptors (Lipinski definition) is 5. The van der Waals surface area contributed by atoms with E-state index in [0.29, 0.717) is 19.3 Å². The molecule has 0 aliphatic heterocycles. The van der Waals surface area contributed by atoms with Gasteiger partial charge < -0.3 is 20.3 Å². The molecule has 0 rings (SSSR count). The van der Waals surface area contributed by atoms with Crippen molar-refractivity contribution < 1.29 is 24.5 Å². The fraction of sp³-hybridized carbons (Fsp3) is 0.878. The third-order valence-corrected chi connectivity index (χ3v) is 11.0. The molecule has 6 heteroatoms. The Labute approximate surface area is 341 Å². The van der Waals surface area contributed by atoms with Gasteiger partial charge in [-0.15, -0.1) is 0 Å². The fourth-order valence-electron chi connectivity index (χ4n) is 7.29. The predicted octanol–water partition coefficient (Wildman–Crippen LogP) is 14.0. The van der Waals surface area contributed by atoms with Crippen molar-refractivity contribution >= 4 is 11.9 Å². The molecule has 0 spiro atoms. The van der Waals surface area contributed by atoms with E-state index in [0.717, 1.165) is 64.2 Å². The number of aliphatic hydroxyl groups is 2. The highest BCUT2D eigenvalue weighted by Crippen LogP contribution is 2.17. The fourth-order valence-corrected chi connectivity index (χ4v) is 7.29. The molecule has 0 aromatic rings. The molecule has 3 unspecified atom stereocenters. The minimum atomic E-state index is -0.791. The molecule has 0 aliphatic carbocycles. The molecular formula is C49H93NO5. The van der Waals surface area contributed by atoms with E-state index in [1.165, 1.54) is 141 Å². The lowest BCUT2D eigenvalue weighted by Gasteiger charge is -2.24. The Kier molecular flexibility index (Phi) is 42.2. The number of esters is 1. The minimum absolute atomic E-state index is 0.0566. The first-order valence-electron chi connectivity index (χ1n) is 24.1. The second-order valence-corrected chi connectivity index (χ2v) is 16.5. The molecule has 0 fully saturated rings. The molecule has 0 saturated carbocycles. The molecule has 0 aliphatic rings. The average Bonchev–Trinajstić information content (AvgIpc) is 3.18. The maximum absolute atomic E-state index is 13.1. The third kappa shape index (κ3) is 39.0. The van der Waals surface area contributed by atoms with E-state index in [-0.39, 0.29) is 24.9 Å². The summed E-state index contributed by atoms with van der Waals surface area (Å²) >= 11 is 0. The Morgan fingerprint density at radius 2 is 0.909 bits per heavy atom. The maximum Gasteiger partial charge on any atom is 0.306 e. The Morgan fingerprint density at radius 1 is 0.509 bits per heavy atom. The SMILES string of the molecule is CCCC/C=C\CCCCCCCC(=O)OC(CCC/C=C\CCCCCCCC)CC(=O)NC(CO)C(O)CCCCCCCCCCCCCCCC. The standard InChI is InChI=1S/C49H93NO5/c1-4-7-10-13-16-19-22-23-24-27-29-32-35-38-41-47(52)46(44-51)50-48(53)43-45(40-37-34-31-28-25-20-17-14-11-8-5-2)55-49(54)42-39-36-33-30-26-21-18-15-12-9-6-3/h15,18,28,31,45-47,51-52H,4-14,16-17,19-27,29-30,32-44H2,1-3H3,(H,50,53)/b18-15-,31-28-. The minimum Gasteiger partial charge on any atom is -0.462 e. The van der Waals surface area contributed by atoms with Crippen LogP contribution in [0, 0.1) is 0 Å². The van der Waals surface area contributed by atoms with E-state index in [9.17, 15) is 19.8 Å². The van der Waals surface area contributed by atoms with Crippen molar-refractivity contribution in [1.29, 1.82) is 0 Å². The van der Waals surface area contributed by atoms with Crippen molar-refractivity contribution in [3.8, 4) is 0 Å². The molecule has 0 aromatic carbocycles. The zero-order valence-electron chi connectivity index (χ0n) is 36.8. The molecule has 0 bridgehead atoms. The predicted molar refractivity (Wildman–Crippen MR) is 236 cm³/mol. The Balaban J connectivity index is 4.55. The summed E-state index contributed by atoms with van der Waals surface area (Å²) in [5, 5.41) is 23.7. The summed E-state index contributed by atoms with van der Waals surface area (Å²) in [6, 6.07) is -0.706. The van der Waals surface area contributed by atoms with Crippen LogP contribution in [0.4, 0.5) is 0 Å². The van der Waals surface area contributed by atoms with Crippen LogP contribution >= 0.6 is 0 Å². The molecule has 0 radical (unpaired) electrons. The number of rotatable bonds is 43. The molecule has 324 valence electrons. The second kappa shape index (κ2) is 43.5. The molecular weight excluding hydrogens is 683 g/mol. The molecule has 0 aromatic heterocycles. The van der Waals surface area contributed by atoms with E-state index in [2.05, 4.69) is 50.4 Å². The van der Waals surface area contributed by atoms with Crippen LogP contribution in [0.5, 0.6) is 0 Å². The van der Waals surface area contributed by atoms with Crippen LogP contribution in [-0.2, 0) is 14.3 Å². The first-order valence-corrected chi connectivity index (χ1v) is 24.1. The topological polar surface area (TPSA) is 95.9 Å². The van der Waals surface area contributed by atoms with E-state index in [1.807, 2.05) is 0 Å². The summed E-state index contributed by atoms with van der Waals surface area (Å²) in [6.07, 6.45) is 48.1. The lowest BCUT2D eigenvalue weighted by Crippen LogP contribution is -2.46. The van der Waals surface area contributed by atoms with Crippen molar-refractivity contribution in [2.75, 3.05) is 6.61 Å². The van der Waals surface area contributed by atoms with Gasteiger partial charge in [0.05, 0.1) is 25.2 Å². The van der Waals surface area contributed by atoms with E-state index >= 15 is 0 Å². The largest absolute Gasteiger partial charge is 0.462 e. The van der Waals surface area contributed by atoms with Gasteiger partial charge in [0.15, 0.2) is 0 Å². The highest BCUT2D eigenvalue weighted by Gasteiger charge is 2.24. The van der Waals surface area contributed by atoms with Gasteiger partial charge in [-0.2, -0.15) is 0 Å². The molecule has 3 atom stereocenters. The van der Waals surface area contributed by atoms with Gasteiger partial charge in [-0.05, 0) is 64.2 Å². The molecule has 3 N–H and O–H groups in total. The Hall–Kier alpha value is -1.66. The number of amides is 1. The van der Waals surface area contributed by atoms with Gasteiger partial charge in [0.2, 0.25) is 5.91 Å². The van der Waals surface area contributed by atoms with Crippen molar-refractivity contribution in [2.45, 2.75) is 270 Å². The van der Waals surface area contributed by atoms with E-state index in [1.54, 1.807) is 0 Å². The first kappa shape index (κ1) is 53.3. The summed E-state index contributed by atoms with van der Waals surface area (Å²) in [5.41, 5.74) is 0. The first-order chi connectivity index (χ1) is 27.0. The van der Waals surface area contributed by atoms with Crippen LogP contribution in [-0.4, -0.2) is 46.9 Å². The number of unbranched alkanes of at least 4 members (excludes halogenated alkanes) is 27. The maximum atomic E-state index is 13.1. The van der Waals surface area contributed by atoms with Crippen LogP contribution < -0.4 is 5.32 Å². The molecule has 0 heterocycles. The van der Waals surface area contributed by atoms with Crippen molar-refractivity contribution in [1.82, 2.24) is 5.32 Å². The quantitative estimate of drug-likeness (QED) is 0.0326. The molecule has 0 saturated heterocycles. The van der Waals surface area contributed by atoms with E-state index < -0.39 is 18.2 Å². The van der Waals surface area contributed by atoms with Crippen LogP contribution in [0.1, 0.15) is 252 Å². The number of hydrogen-bond donors (Lipinski definition) is 3. The highest BCUT2D eigenvalue weighted by atomic mass is 16.5. The third-order valence-electron chi connectivity index (χ3n) is 11.0. The van der Waals surface area contributed by atoms with Crippen LogP contribution in [0.25, 0.3) is 0 Å². The molecule has 1 amide bonds. The lowest BCUT2D eigenvalue weighted by atomic mass is 10.0. The summed E-state index contributed by atoms with van der Waals surface area (Å²) in [7, 11) is 0. The summed E-state index contributed by atoms with van der Waals surface area (Å²) < 4.78 is 5.88. The lowest BCUT2D eigenvalue weighted by molar-refractivity contribution is -0.151. The zero-order valence-corrected chi connectivity index (χ0v) is 36.8. The van der Waals surface area contributed by atoms with Gasteiger partial charge in [0.1, 0.15) is 6.10 Å². The van der Waals surface area contributed by atoms with Gasteiger partial charge in [0, 0.05) is 6.42 Å². The Bertz CT molecular complexity index is 873. The van der Waals surface area contributed by atoms with Gasteiger partial charge in [-0.3, -0.25) is 9.59 Å². The summed E-state index contributed by atoms with van der Waals surface area (Å²) in [5.74, 6) is -0.508. The second-order valence-electron chi connectivity index (χ2n) is 16.5. The van der Waals surface area contributed by atoms with Crippen LogP contribution in [0.15, 0.2) is 24.3 Å². The van der Waals surface area contributed by atoms with E-state index in [4.69, 9.17) is 4.74 Å². The molecule has 55 heavy (non-hydrogen) atoms. The number of allylic oxidation sites excluding steroid dienone is 4. The molecule has 6 nitrogen and oxygen atoms in total. The monoisotopic (exact) mass is 776 g/mol. The average molecular weight is 776 g/mol. The van der Waals surface area contributed by atoms with Crippen molar-refractivity contribution in [3.63, 3.8) is 0 Å². The van der Waals surface area contributed by atoms with Crippen LogP contribution in [0.2, 0.25) is 0 Å². The number of aliphatic hydroxyl groups excluding tert-OH is 2.